The zero-order valence-electron chi connectivity index (χ0n) is 5.96. The summed E-state index contributed by atoms with van der Waals surface area (Å²) in [4.78, 5) is 3.87. The Balaban J connectivity index is 2.99. The van der Waals surface area contributed by atoms with E-state index < -0.39 is 0 Å². The number of pyridine rings is 1. The van der Waals surface area contributed by atoms with Crippen molar-refractivity contribution in [3.05, 3.63) is 28.7 Å². The quantitative estimate of drug-likeness (QED) is 0.749. The molecule has 2 rings (SSSR count). The molecule has 5 heteroatoms. The van der Waals surface area contributed by atoms with Crippen LogP contribution >= 0.6 is 15.9 Å². The van der Waals surface area contributed by atoms with E-state index in [-0.39, 0.29) is 11.8 Å². The van der Waals surface area contributed by atoms with Gasteiger partial charge in [-0.1, -0.05) is 0 Å². The Morgan fingerprint density at radius 1 is 1.58 bits per heavy atom. The number of aromatic nitrogens is 2. The van der Waals surface area contributed by atoms with Crippen LogP contribution in [-0.4, -0.2) is 9.38 Å². The second kappa shape index (κ2) is 2.45. The van der Waals surface area contributed by atoms with Crippen molar-refractivity contribution in [2.75, 3.05) is 5.73 Å². The molecule has 12 heavy (non-hydrogen) atoms. The molecule has 0 saturated heterocycles. The number of hydrogen-bond acceptors (Lipinski definition) is 2. The number of nitrogens with zero attached hydrogens (tertiary/aromatic N) is 2. The minimum atomic E-state index is -0.339. The van der Waals surface area contributed by atoms with E-state index in [2.05, 4.69) is 20.9 Å². The average molecular weight is 230 g/mol. The van der Waals surface area contributed by atoms with Crippen LogP contribution in [0.25, 0.3) is 5.52 Å². The summed E-state index contributed by atoms with van der Waals surface area (Å²) in [5, 5.41) is 0. The SMILES string of the molecule is Nc1nc(Br)c2c(F)cccn12. The van der Waals surface area contributed by atoms with Gasteiger partial charge in [0.05, 0.1) is 0 Å². The molecular formula is C7H5BrFN3. The molecule has 62 valence electrons. The lowest BCUT2D eigenvalue weighted by atomic mass is 10.4. The second-order valence-electron chi connectivity index (χ2n) is 2.34. The smallest absolute Gasteiger partial charge is 0.206 e. The van der Waals surface area contributed by atoms with Crippen molar-refractivity contribution < 1.29 is 4.39 Å². The molecule has 0 aliphatic heterocycles. The Kier molecular flexibility index (Phi) is 1.54. The highest BCUT2D eigenvalue weighted by atomic mass is 79.9. The predicted octanol–water partition coefficient (Wildman–Crippen LogP) is 1.82. The highest BCUT2D eigenvalue weighted by Crippen LogP contribution is 2.22. The molecule has 0 aromatic carbocycles. The first kappa shape index (κ1) is 7.54. The van der Waals surface area contributed by atoms with E-state index in [1.54, 1.807) is 12.3 Å². The van der Waals surface area contributed by atoms with Gasteiger partial charge in [0.25, 0.3) is 0 Å². The van der Waals surface area contributed by atoms with Gasteiger partial charge < -0.3 is 5.73 Å². The third kappa shape index (κ3) is 0.896. The van der Waals surface area contributed by atoms with Gasteiger partial charge in [-0.25, -0.2) is 9.37 Å². The zero-order chi connectivity index (χ0) is 8.72. The number of rotatable bonds is 0. The normalized spacial score (nSPS) is 10.8. The predicted molar refractivity (Wildman–Crippen MR) is 47.3 cm³/mol. The maximum atomic E-state index is 13.1. The van der Waals surface area contributed by atoms with E-state index in [9.17, 15) is 4.39 Å². The standard InChI is InChI=1S/C7H5BrFN3/c8-6-5-4(9)2-1-3-12(5)7(10)11-6/h1-3H,(H2,10,11). The van der Waals surface area contributed by atoms with Crippen LogP contribution in [0.15, 0.2) is 22.9 Å². The molecule has 0 aliphatic carbocycles. The van der Waals surface area contributed by atoms with Crippen LogP contribution in [0.1, 0.15) is 0 Å². The highest BCUT2D eigenvalue weighted by molar-refractivity contribution is 9.10. The van der Waals surface area contributed by atoms with Crippen LogP contribution in [-0.2, 0) is 0 Å². The highest BCUT2D eigenvalue weighted by Gasteiger charge is 2.09. The number of nitrogens with two attached hydrogens (primary N) is 1. The number of nitrogen functional groups attached to an aromatic ring is 1. The molecule has 2 aromatic rings. The molecule has 0 radical (unpaired) electrons. The Labute approximate surface area is 76.1 Å². The van der Waals surface area contributed by atoms with Crippen molar-refractivity contribution in [2.45, 2.75) is 0 Å². The molecule has 0 bridgehead atoms. The van der Waals surface area contributed by atoms with E-state index in [1.807, 2.05) is 0 Å². The van der Waals surface area contributed by atoms with Crippen LogP contribution in [0.3, 0.4) is 0 Å². The molecular weight excluding hydrogens is 225 g/mol. The van der Waals surface area contributed by atoms with Crippen LogP contribution in [0.2, 0.25) is 0 Å². The molecule has 3 nitrogen and oxygen atoms in total. The summed E-state index contributed by atoms with van der Waals surface area (Å²) in [7, 11) is 0. The van der Waals surface area contributed by atoms with E-state index >= 15 is 0 Å². The summed E-state index contributed by atoms with van der Waals surface area (Å²) < 4.78 is 15.0. The van der Waals surface area contributed by atoms with Crippen molar-refractivity contribution in [3.63, 3.8) is 0 Å². The van der Waals surface area contributed by atoms with Gasteiger partial charge in [-0.15, -0.1) is 0 Å². The summed E-state index contributed by atoms with van der Waals surface area (Å²) in [6.07, 6.45) is 1.66. The van der Waals surface area contributed by atoms with Crippen LogP contribution < -0.4 is 5.73 Å². The summed E-state index contributed by atoms with van der Waals surface area (Å²) in [5.41, 5.74) is 5.87. The number of anilines is 1. The van der Waals surface area contributed by atoms with Gasteiger partial charge in [-0.3, -0.25) is 4.40 Å². The third-order valence-corrected chi connectivity index (χ3v) is 2.15. The second-order valence-corrected chi connectivity index (χ2v) is 3.09. The van der Waals surface area contributed by atoms with Crippen molar-refractivity contribution >= 4 is 27.4 Å². The van der Waals surface area contributed by atoms with E-state index in [1.165, 1.54) is 10.5 Å². The van der Waals surface area contributed by atoms with Crippen LogP contribution in [0.5, 0.6) is 0 Å². The van der Waals surface area contributed by atoms with Gasteiger partial charge >= 0.3 is 0 Å². The number of fused-ring (bicyclic) bond motifs is 1. The summed E-state index contributed by atoms with van der Waals surface area (Å²) in [6.45, 7) is 0. The minimum absolute atomic E-state index is 0.274. The molecule has 0 saturated carbocycles. The zero-order valence-corrected chi connectivity index (χ0v) is 7.55. The van der Waals surface area contributed by atoms with Gasteiger partial charge in [0, 0.05) is 6.20 Å². The first-order valence-electron chi connectivity index (χ1n) is 3.27. The summed E-state index contributed by atoms with van der Waals surface area (Å²) in [6, 6.07) is 2.94. The van der Waals surface area contributed by atoms with Crippen molar-refractivity contribution in [3.8, 4) is 0 Å². The third-order valence-electron chi connectivity index (χ3n) is 1.60. The van der Waals surface area contributed by atoms with E-state index in [4.69, 9.17) is 5.73 Å². The van der Waals surface area contributed by atoms with Crippen molar-refractivity contribution in [2.24, 2.45) is 0 Å². The average Bonchev–Trinajstić information content (AvgIpc) is 2.29. The topological polar surface area (TPSA) is 43.3 Å². The fourth-order valence-corrected chi connectivity index (χ4v) is 1.64. The Bertz CT molecular complexity index is 437. The van der Waals surface area contributed by atoms with Gasteiger partial charge in [0.15, 0.2) is 0 Å². The molecule has 0 atom stereocenters. The molecule has 0 amide bonds. The number of halogens is 2. The molecule has 2 N–H and O–H groups in total. The minimum Gasteiger partial charge on any atom is -0.369 e. The first-order chi connectivity index (χ1) is 5.70. The maximum absolute atomic E-state index is 13.1. The lowest BCUT2D eigenvalue weighted by Crippen LogP contribution is -1.93. The van der Waals surface area contributed by atoms with Crippen LogP contribution in [0, 0.1) is 5.82 Å². The molecule has 0 aliphatic rings. The monoisotopic (exact) mass is 229 g/mol. The van der Waals surface area contributed by atoms with Gasteiger partial charge in [-0.2, -0.15) is 0 Å². The Morgan fingerprint density at radius 3 is 3.00 bits per heavy atom. The molecule has 2 aromatic heterocycles. The Morgan fingerprint density at radius 2 is 2.33 bits per heavy atom. The molecule has 0 unspecified atom stereocenters. The maximum Gasteiger partial charge on any atom is 0.206 e. The lowest BCUT2D eigenvalue weighted by molar-refractivity contribution is 0.633. The fraction of sp³-hybridized carbons (Fsp3) is 0. The van der Waals surface area contributed by atoms with Gasteiger partial charge in [0.2, 0.25) is 5.95 Å². The van der Waals surface area contributed by atoms with Crippen molar-refractivity contribution in [1.29, 1.82) is 0 Å². The fourth-order valence-electron chi connectivity index (χ4n) is 1.08. The van der Waals surface area contributed by atoms with Gasteiger partial charge in [-0.05, 0) is 28.1 Å². The van der Waals surface area contributed by atoms with Gasteiger partial charge in [0.1, 0.15) is 15.9 Å². The van der Waals surface area contributed by atoms with Crippen LogP contribution in [0.4, 0.5) is 10.3 Å². The van der Waals surface area contributed by atoms with E-state index in [0.29, 0.717) is 10.1 Å². The molecule has 0 spiro atoms. The lowest BCUT2D eigenvalue weighted by Gasteiger charge is -1.95. The molecule has 0 fully saturated rings. The van der Waals surface area contributed by atoms with Crippen molar-refractivity contribution in [1.82, 2.24) is 9.38 Å². The largest absolute Gasteiger partial charge is 0.369 e. The van der Waals surface area contributed by atoms with E-state index in [0.717, 1.165) is 0 Å². The number of imidazole rings is 1. The summed E-state index contributed by atoms with van der Waals surface area (Å²) in [5.74, 6) is -0.0649. The summed E-state index contributed by atoms with van der Waals surface area (Å²) >= 11 is 3.12. The number of hydrogen-bond donors (Lipinski definition) is 1. The first-order valence-corrected chi connectivity index (χ1v) is 4.07. The Hall–Kier alpha value is -1.10. The molecule has 2 heterocycles.